The van der Waals surface area contributed by atoms with Crippen molar-refractivity contribution in [2.75, 3.05) is 42.1 Å². The fourth-order valence-corrected chi connectivity index (χ4v) is 6.79. The van der Waals surface area contributed by atoms with Crippen LogP contribution in [0, 0.1) is 11.6 Å². The zero-order chi connectivity index (χ0) is 33.2. The number of ether oxygens (including phenoxy) is 1. The average molecular weight is 656 g/mol. The number of rotatable bonds is 10. The minimum absolute atomic E-state index is 0.146. The SMILES string of the molecule is CCCS(=O)(=O)Nc1ccc(F)c(-n2cc(-c3cncnc3)c3nc(N(C)C4CCN(CC(=O)OC(C)(C)C)CC4)ccc32)c1F. The number of aromatic nitrogens is 4. The van der Waals surface area contributed by atoms with Crippen LogP contribution in [-0.4, -0.2) is 82.9 Å². The Morgan fingerprint density at radius 3 is 2.46 bits per heavy atom. The molecular formula is C32H39F2N7O4S. The van der Waals surface area contributed by atoms with Gasteiger partial charge in [-0.3, -0.25) is 14.4 Å². The largest absolute Gasteiger partial charge is 0.459 e. The second kappa shape index (κ2) is 13.3. The molecule has 1 N–H and O–H groups in total. The molecule has 0 aliphatic carbocycles. The summed E-state index contributed by atoms with van der Waals surface area (Å²) in [6.07, 6.45) is 8.06. The summed E-state index contributed by atoms with van der Waals surface area (Å²) in [5.74, 6) is -1.71. The Bertz CT molecular complexity index is 1820. The molecule has 14 heteroatoms. The number of hydrogen-bond acceptors (Lipinski definition) is 9. The van der Waals surface area contributed by atoms with Crippen LogP contribution in [0.3, 0.4) is 0 Å². The van der Waals surface area contributed by atoms with Crippen molar-refractivity contribution in [3.05, 3.63) is 60.8 Å². The van der Waals surface area contributed by atoms with Crippen molar-refractivity contribution >= 4 is 38.5 Å². The highest BCUT2D eigenvalue weighted by atomic mass is 32.2. The lowest BCUT2D eigenvalue weighted by Gasteiger charge is -2.37. The molecule has 0 amide bonds. The standard InChI is InChI=1S/C32H39F2N7O4S/c1-6-15-46(43,44)38-25-8-7-24(33)31(29(25)34)41-18-23(21-16-35-20-36-17-21)30-26(41)9-10-27(37-30)39(5)22-11-13-40(14-12-22)19-28(42)45-32(2,3)4/h7-10,16-18,20,22,38H,6,11-15,19H2,1-5H3. The maximum atomic E-state index is 15.9. The van der Waals surface area contributed by atoms with Crippen LogP contribution in [0.4, 0.5) is 20.3 Å². The predicted molar refractivity (Wildman–Crippen MR) is 173 cm³/mol. The molecular weight excluding hydrogens is 616 g/mol. The first-order valence-electron chi connectivity index (χ1n) is 15.2. The van der Waals surface area contributed by atoms with E-state index in [0.29, 0.717) is 34.4 Å². The van der Waals surface area contributed by atoms with Crippen LogP contribution < -0.4 is 9.62 Å². The van der Waals surface area contributed by atoms with Gasteiger partial charge < -0.3 is 14.2 Å². The van der Waals surface area contributed by atoms with Gasteiger partial charge in [-0.1, -0.05) is 6.92 Å². The molecule has 1 fully saturated rings. The van der Waals surface area contributed by atoms with E-state index < -0.39 is 32.9 Å². The molecule has 1 saturated heterocycles. The third-order valence-corrected chi connectivity index (χ3v) is 9.27. The lowest BCUT2D eigenvalue weighted by atomic mass is 10.0. The van der Waals surface area contributed by atoms with E-state index >= 15 is 8.78 Å². The molecule has 0 bridgehead atoms. The summed E-state index contributed by atoms with van der Waals surface area (Å²) in [5, 5.41) is 0. The molecule has 0 unspecified atom stereocenters. The van der Waals surface area contributed by atoms with Crippen LogP contribution in [0.25, 0.3) is 27.8 Å². The maximum Gasteiger partial charge on any atom is 0.320 e. The van der Waals surface area contributed by atoms with Crippen LogP contribution in [0.5, 0.6) is 0 Å². The van der Waals surface area contributed by atoms with E-state index in [1.807, 2.05) is 27.8 Å². The lowest BCUT2D eigenvalue weighted by molar-refractivity contribution is -0.156. The number of nitrogens with zero attached hydrogens (tertiary/aromatic N) is 6. The first-order chi connectivity index (χ1) is 21.8. The van der Waals surface area contributed by atoms with E-state index in [1.54, 1.807) is 37.6 Å². The molecule has 246 valence electrons. The summed E-state index contributed by atoms with van der Waals surface area (Å²) in [6, 6.07) is 5.79. The summed E-state index contributed by atoms with van der Waals surface area (Å²) in [4.78, 5) is 29.7. The number of fused-ring (bicyclic) bond motifs is 1. The van der Waals surface area contributed by atoms with E-state index in [9.17, 15) is 13.2 Å². The molecule has 0 spiro atoms. The molecule has 3 aromatic heterocycles. The number of piperidine rings is 1. The molecule has 0 atom stereocenters. The Balaban J connectivity index is 1.47. The van der Waals surface area contributed by atoms with Gasteiger partial charge in [-0.25, -0.2) is 32.2 Å². The molecule has 4 aromatic rings. The van der Waals surface area contributed by atoms with Crippen molar-refractivity contribution in [3.63, 3.8) is 0 Å². The number of esters is 1. The normalized spacial score (nSPS) is 14.8. The Labute approximate surface area is 267 Å². The number of likely N-dealkylation sites (tertiary alicyclic amines) is 1. The maximum absolute atomic E-state index is 15.9. The summed E-state index contributed by atoms with van der Waals surface area (Å²) in [5.41, 5.74) is 0.703. The van der Waals surface area contributed by atoms with Gasteiger partial charge in [0.1, 0.15) is 29.3 Å². The zero-order valence-corrected chi connectivity index (χ0v) is 27.4. The number of carbonyl (C=O) groups excluding carboxylic acids is 1. The molecule has 46 heavy (non-hydrogen) atoms. The quantitative estimate of drug-likeness (QED) is 0.231. The smallest absolute Gasteiger partial charge is 0.320 e. The zero-order valence-electron chi connectivity index (χ0n) is 26.6. The van der Waals surface area contributed by atoms with Gasteiger partial charge in [-0.15, -0.1) is 0 Å². The van der Waals surface area contributed by atoms with Gasteiger partial charge in [0.05, 0.1) is 29.0 Å². The van der Waals surface area contributed by atoms with Gasteiger partial charge in [0.15, 0.2) is 5.82 Å². The van der Waals surface area contributed by atoms with Gasteiger partial charge in [-0.2, -0.15) is 0 Å². The molecule has 0 radical (unpaired) electrons. The number of anilines is 2. The Morgan fingerprint density at radius 2 is 1.80 bits per heavy atom. The Hall–Kier alpha value is -4.17. The number of sulfonamides is 1. The highest BCUT2D eigenvalue weighted by Crippen LogP contribution is 2.36. The third-order valence-electron chi connectivity index (χ3n) is 7.79. The first kappa shape index (κ1) is 33.2. The van der Waals surface area contributed by atoms with Gasteiger partial charge in [0.2, 0.25) is 10.0 Å². The predicted octanol–water partition coefficient (Wildman–Crippen LogP) is 5.15. The van der Waals surface area contributed by atoms with Crippen molar-refractivity contribution in [1.82, 2.24) is 24.4 Å². The number of nitrogens with one attached hydrogen (secondary N) is 1. The van der Waals surface area contributed by atoms with Gasteiger partial charge in [0.25, 0.3) is 0 Å². The average Bonchev–Trinajstić information content (AvgIpc) is 3.36. The fourth-order valence-electron chi connectivity index (χ4n) is 5.66. The molecule has 1 aromatic carbocycles. The number of carbonyl (C=O) groups is 1. The van der Waals surface area contributed by atoms with Crippen LogP contribution in [0.1, 0.15) is 47.0 Å². The van der Waals surface area contributed by atoms with Crippen molar-refractivity contribution in [3.8, 4) is 16.8 Å². The molecule has 0 saturated carbocycles. The topological polar surface area (TPSA) is 123 Å². The van der Waals surface area contributed by atoms with Gasteiger partial charge in [-0.05, 0) is 64.3 Å². The van der Waals surface area contributed by atoms with E-state index in [2.05, 4.69) is 24.5 Å². The van der Waals surface area contributed by atoms with E-state index in [1.165, 1.54) is 10.9 Å². The van der Waals surface area contributed by atoms with E-state index in [-0.39, 0.29) is 30.0 Å². The number of pyridine rings is 1. The molecule has 11 nitrogen and oxygen atoms in total. The summed E-state index contributed by atoms with van der Waals surface area (Å²) >= 11 is 0. The van der Waals surface area contributed by atoms with Gasteiger partial charge in [0, 0.05) is 55.9 Å². The summed E-state index contributed by atoms with van der Waals surface area (Å²) in [6.45, 7) is 8.92. The highest BCUT2D eigenvalue weighted by Gasteiger charge is 2.28. The molecule has 4 heterocycles. The number of benzene rings is 1. The number of halogens is 2. The Kier molecular flexibility index (Phi) is 9.59. The molecule has 1 aliphatic heterocycles. The minimum atomic E-state index is -3.82. The van der Waals surface area contributed by atoms with Crippen molar-refractivity contribution in [1.29, 1.82) is 0 Å². The van der Waals surface area contributed by atoms with Crippen LogP contribution in [-0.2, 0) is 19.6 Å². The van der Waals surface area contributed by atoms with E-state index in [0.717, 1.165) is 38.1 Å². The van der Waals surface area contributed by atoms with Gasteiger partial charge >= 0.3 is 5.97 Å². The summed E-state index contributed by atoms with van der Waals surface area (Å²) < 4.78 is 65.1. The van der Waals surface area contributed by atoms with Crippen LogP contribution >= 0.6 is 0 Å². The second-order valence-corrected chi connectivity index (χ2v) is 14.3. The first-order valence-corrected chi connectivity index (χ1v) is 16.8. The highest BCUT2D eigenvalue weighted by molar-refractivity contribution is 7.92. The minimum Gasteiger partial charge on any atom is -0.459 e. The van der Waals surface area contributed by atoms with Crippen LogP contribution in [0.2, 0.25) is 0 Å². The van der Waals surface area contributed by atoms with E-state index in [4.69, 9.17) is 9.72 Å². The Morgan fingerprint density at radius 1 is 1.11 bits per heavy atom. The van der Waals surface area contributed by atoms with Crippen molar-refractivity contribution in [2.45, 2.75) is 58.6 Å². The van der Waals surface area contributed by atoms with Crippen molar-refractivity contribution in [2.24, 2.45) is 0 Å². The monoisotopic (exact) mass is 655 g/mol. The van der Waals surface area contributed by atoms with Crippen molar-refractivity contribution < 1.29 is 26.7 Å². The third kappa shape index (κ3) is 7.44. The summed E-state index contributed by atoms with van der Waals surface area (Å²) in [7, 11) is -1.87. The fraction of sp³-hybridized carbons (Fsp3) is 0.438. The lowest BCUT2D eigenvalue weighted by Crippen LogP contribution is -2.46. The molecule has 1 aliphatic rings. The molecule has 5 rings (SSSR count). The number of hydrogen-bond donors (Lipinski definition) is 1. The second-order valence-electron chi connectivity index (χ2n) is 12.5. The van der Waals surface area contributed by atoms with Crippen LogP contribution in [0.15, 0.2) is 49.2 Å².